The van der Waals surface area contributed by atoms with Crippen molar-refractivity contribution in [3.63, 3.8) is 0 Å². The molecule has 0 unspecified atom stereocenters. The van der Waals surface area contributed by atoms with Crippen LogP contribution in [0.25, 0.3) is 10.6 Å². The number of benzene rings is 1. The van der Waals surface area contributed by atoms with E-state index in [-0.39, 0.29) is 0 Å². The van der Waals surface area contributed by atoms with E-state index in [1.807, 2.05) is 5.38 Å². The molecule has 2 aromatic rings. The molecule has 3 heteroatoms. The minimum absolute atomic E-state index is 0.487. The van der Waals surface area contributed by atoms with Crippen LogP contribution in [0.2, 0.25) is 0 Å². The molecular weight excluding hydrogens is 238 g/mol. The normalized spacial score (nSPS) is 11.0. The first-order valence-electron chi connectivity index (χ1n) is 5.31. The van der Waals surface area contributed by atoms with Crippen LogP contribution in [-0.2, 0) is 5.88 Å². The quantitative estimate of drug-likeness (QED) is 0.723. The molecule has 84 valence electrons. The van der Waals surface area contributed by atoms with E-state index in [4.69, 9.17) is 11.6 Å². The number of rotatable bonds is 3. The standard InChI is InChI=1S/C13H14ClNS/c1-9(2)10-3-5-11(6-4-10)13-15-12(7-14)8-16-13/h3-6,8-9H,7H2,1-2H3. The van der Waals surface area contributed by atoms with Crippen LogP contribution in [0, 0.1) is 0 Å². The highest BCUT2D eigenvalue weighted by molar-refractivity contribution is 7.13. The van der Waals surface area contributed by atoms with Gasteiger partial charge in [0.25, 0.3) is 0 Å². The zero-order valence-electron chi connectivity index (χ0n) is 9.40. The number of aromatic nitrogens is 1. The summed E-state index contributed by atoms with van der Waals surface area (Å²) >= 11 is 7.38. The van der Waals surface area contributed by atoms with Crippen LogP contribution in [0.15, 0.2) is 29.6 Å². The smallest absolute Gasteiger partial charge is 0.123 e. The van der Waals surface area contributed by atoms with Gasteiger partial charge in [-0.1, -0.05) is 38.1 Å². The summed E-state index contributed by atoms with van der Waals surface area (Å²) in [5, 5.41) is 3.06. The van der Waals surface area contributed by atoms with Crippen molar-refractivity contribution in [2.24, 2.45) is 0 Å². The minimum atomic E-state index is 0.487. The number of alkyl halides is 1. The van der Waals surface area contributed by atoms with E-state index in [9.17, 15) is 0 Å². The molecule has 0 fully saturated rings. The summed E-state index contributed by atoms with van der Waals surface area (Å²) in [6, 6.07) is 8.60. The number of hydrogen-bond donors (Lipinski definition) is 0. The van der Waals surface area contributed by atoms with Crippen molar-refractivity contribution in [3.05, 3.63) is 40.9 Å². The Labute approximate surface area is 105 Å². The van der Waals surface area contributed by atoms with E-state index in [0.29, 0.717) is 11.8 Å². The van der Waals surface area contributed by atoms with Crippen LogP contribution in [0.5, 0.6) is 0 Å². The first-order valence-corrected chi connectivity index (χ1v) is 6.73. The maximum atomic E-state index is 5.74. The Morgan fingerprint density at radius 3 is 2.44 bits per heavy atom. The molecule has 0 bridgehead atoms. The highest BCUT2D eigenvalue weighted by atomic mass is 35.5. The monoisotopic (exact) mass is 251 g/mol. The molecule has 1 aromatic heterocycles. The van der Waals surface area contributed by atoms with Crippen molar-refractivity contribution in [1.29, 1.82) is 0 Å². The average Bonchev–Trinajstić information content (AvgIpc) is 2.77. The summed E-state index contributed by atoms with van der Waals surface area (Å²) in [4.78, 5) is 4.46. The molecule has 0 N–H and O–H groups in total. The van der Waals surface area contributed by atoms with Gasteiger partial charge in [0.1, 0.15) is 5.01 Å². The second kappa shape index (κ2) is 4.98. The fraction of sp³-hybridized carbons (Fsp3) is 0.308. The van der Waals surface area contributed by atoms with Crippen molar-refractivity contribution >= 4 is 22.9 Å². The molecule has 0 aliphatic carbocycles. The van der Waals surface area contributed by atoms with Gasteiger partial charge in [0, 0.05) is 10.9 Å². The maximum Gasteiger partial charge on any atom is 0.123 e. The van der Waals surface area contributed by atoms with Crippen molar-refractivity contribution in [3.8, 4) is 10.6 Å². The molecular formula is C13H14ClNS. The second-order valence-corrected chi connectivity index (χ2v) is 5.18. The lowest BCUT2D eigenvalue weighted by Crippen LogP contribution is -1.86. The first-order chi connectivity index (χ1) is 7.70. The van der Waals surface area contributed by atoms with Gasteiger partial charge in [0.15, 0.2) is 0 Å². The Hall–Kier alpha value is -0.860. The van der Waals surface area contributed by atoms with Gasteiger partial charge in [-0.15, -0.1) is 22.9 Å². The van der Waals surface area contributed by atoms with Crippen LogP contribution in [-0.4, -0.2) is 4.98 Å². The van der Waals surface area contributed by atoms with E-state index < -0.39 is 0 Å². The molecule has 0 aliphatic rings. The number of thiazole rings is 1. The lowest BCUT2D eigenvalue weighted by molar-refractivity contribution is 0.867. The third-order valence-electron chi connectivity index (χ3n) is 2.51. The predicted octanol–water partition coefficient (Wildman–Crippen LogP) is 4.67. The fourth-order valence-electron chi connectivity index (χ4n) is 1.51. The van der Waals surface area contributed by atoms with Crippen LogP contribution in [0.4, 0.5) is 0 Å². The molecule has 2 rings (SSSR count). The van der Waals surface area contributed by atoms with E-state index in [1.165, 1.54) is 11.1 Å². The summed E-state index contributed by atoms with van der Waals surface area (Å²) < 4.78 is 0. The molecule has 16 heavy (non-hydrogen) atoms. The van der Waals surface area contributed by atoms with E-state index >= 15 is 0 Å². The average molecular weight is 252 g/mol. The highest BCUT2D eigenvalue weighted by Crippen LogP contribution is 2.26. The Morgan fingerprint density at radius 2 is 1.94 bits per heavy atom. The molecule has 0 amide bonds. The summed E-state index contributed by atoms with van der Waals surface area (Å²) in [5.74, 6) is 1.06. The Bertz CT molecular complexity index is 459. The van der Waals surface area contributed by atoms with Crippen molar-refractivity contribution in [2.45, 2.75) is 25.6 Å². The molecule has 0 saturated heterocycles. The lowest BCUT2D eigenvalue weighted by Gasteiger charge is -2.05. The van der Waals surface area contributed by atoms with Gasteiger partial charge < -0.3 is 0 Å². The Balaban J connectivity index is 2.27. The number of hydrogen-bond acceptors (Lipinski definition) is 2. The Morgan fingerprint density at radius 1 is 1.25 bits per heavy atom. The van der Waals surface area contributed by atoms with Crippen LogP contribution >= 0.6 is 22.9 Å². The molecule has 1 aromatic carbocycles. The number of halogens is 1. The molecule has 0 atom stereocenters. The summed E-state index contributed by atoms with van der Waals surface area (Å²) in [6.07, 6.45) is 0. The van der Waals surface area contributed by atoms with E-state index in [2.05, 4.69) is 43.1 Å². The van der Waals surface area contributed by atoms with Crippen LogP contribution < -0.4 is 0 Å². The fourth-order valence-corrected chi connectivity index (χ4v) is 2.57. The molecule has 0 radical (unpaired) electrons. The van der Waals surface area contributed by atoms with Gasteiger partial charge in [-0.3, -0.25) is 0 Å². The van der Waals surface area contributed by atoms with Crippen LogP contribution in [0.3, 0.4) is 0 Å². The van der Waals surface area contributed by atoms with Crippen molar-refractivity contribution in [1.82, 2.24) is 4.98 Å². The molecule has 0 spiro atoms. The number of nitrogens with zero attached hydrogens (tertiary/aromatic N) is 1. The third kappa shape index (κ3) is 2.45. The zero-order valence-corrected chi connectivity index (χ0v) is 11.0. The van der Waals surface area contributed by atoms with Gasteiger partial charge in [-0.2, -0.15) is 0 Å². The van der Waals surface area contributed by atoms with Gasteiger partial charge >= 0.3 is 0 Å². The summed E-state index contributed by atoms with van der Waals surface area (Å²) in [5.41, 5.74) is 3.48. The molecule has 1 nitrogen and oxygen atoms in total. The van der Waals surface area contributed by atoms with E-state index in [1.54, 1.807) is 11.3 Å². The SMILES string of the molecule is CC(C)c1ccc(-c2nc(CCl)cs2)cc1. The lowest BCUT2D eigenvalue weighted by atomic mass is 10.0. The minimum Gasteiger partial charge on any atom is -0.240 e. The second-order valence-electron chi connectivity index (χ2n) is 4.05. The van der Waals surface area contributed by atoms with Gasteiger partial charge in [-0.05, 0) is 11.5 Å². The highest BCUT2D eigenvalue weighted by Gasteiger charge is 2.05. The van der Waals surface area contributed by atoms with Gasteiger partial charge in [0.2, 0.25) is 0 Å². The molecule has 1 heterocycles. The van der Waals surface area contributed by atoms with Crippen molar-refractivity contribution in [2.75, 3.05) is 0 Å². The zero-order chi connectivity index (χ0) is 11.5. The van der Waals surface area contributed by atoms with Gasteiger partial charge in [0.05, 0.1) is 11.6 Å². The maximum absolute atomic E-state index is 5.74. The predicted molar refractivity (Wildman–Crippen MR) is 71.2 cm³/mol. The van der Waals surface area contributed by atoms with E-state index in [0.717, 1.165) is 10.7 Å². The Kier molecular flexibility index (Phi) is 3.62. The first kappa shape index (κ1) is 11.6. The largest absolute Gasteiger partial charge is 0.240 e. The third-order valence-corrected chi connectivity index (χ3v) is 3.73. The molecule has 0 aliphatic heterocycles. The van der Waals surface area contributed by atoms with Crippen molar-refractivity contribution < 1.29 is 0 Å². The van der Waals surface area contributed by atoms with Crippen LogP contribution in [0.1, 0.15) is 31.0 Å². The molecule has 0 saturated carbocycles. The van der Waals surface area contributed by atoms with Gasteiger partial charge in [-0.25, -0.2) is 4.98 Å². The summed E-state index contributed by atoms with van der Waals surface area (Å²) in [6.45, 7) is 4.40. The topological polar surface area (TPSA) is 12.9 Å². The summed E-state index contributed by atoms with van der Waals surface area (Å²) in [7, 11) is 0.